The van der Waals surface area contributed by atoms with Gasteiger partial charge in [0.15, 0.2) is 11.5 Å². The van der Waals surface area contributed by atoms with E-state index in [2.05, 4.69) is 58.9 Å². The number of aryl methyl sites for hydroxylation is 1. The third kappa shape index (κ3) is 2.81. The second kappa shape index (κ2) is 6.46. The predicted octanol–water partition coefficient (Wildman–Crippen LogP) is 7.30. The highest BCUT2D eigenvalue weighted by Gasteiger charge is 2.54. The Labute approximate surface area is 196 Å². The molecule has 1 aliphatic heterocycles. The molecule has 33 heavy (non-hydrogen) atoms. The van der Waals surface area contributed by atoms with Crippen LogP contribution in [0.15, 0.2) is 30.3 Å². The Morgan fingerprint density at radius 2 is 1.67 bits per heavy atom. The average Bonchev–Trinajstić information content (AvgIpc) is 3.28. The second-order valence-electron chi connectivity index (χ2n) is 12.2. The van der Waals surface area contributed by atoms with Crippen LogP contribution in [-0.2, 0) is 11.8 Å². The highest BCUT2D eigenvalue weighted by molar-refractivity contribution is 6.08. The molecule has 0 unspecified atom stereocenters. The minimum atomic E-state index is -0.0973. The van der Waals surface area contributed by atoms with E-state index in [1.165, 1.54) is 39.8 Å². The Morgan fingerprint density at radius 3 is 2.36 bits per heavy atom. The summed E-state index contributed by atoms with van der Waals surface area (Å²) < 4.78 is 11.7. The van der Waals surface area contributed by atoms with Gasteiger partial charge in [-0.25, -0.2) is 0 Å². The van der Waals surface area contributed by atoms with E-state index in [1.807, 2.05) is 6.07 Å². The first kappa shape index (κ1) is 20.9. The lowest BCUT2D eigenvalue weighted by molar-refractivity contribution is 0.0645. The van der Waals surface area contributed by atoms with E-state index in [9.17, 15) is 5.11 Å². The highest BCUT2D eigenvalue weighted by Crippen LogP contribution is 2.65. The molecule has 3 aliphatic rings. The number of benzene rings is 3. The Kier molecular flexibility index (Phi) is 4.09. The monoisotopic (exact) mass is 442 g/mol. The van der Waals surface area contributed by atoms with Crippen molar-refractivity contribution in [3.63, 3.8) is 0 Å². The van der Waals surface area contributed by atoms with Crippen LogP contribution in [0.1, 0.15) is 69.2 Å². The van der Waals surface area contributed by atoms with Gasteiger partial charge >= 0.3 is 0 Å². The molecular formula is C30H34O3. The first-order valence-corrected chi connectivity index (χ1v) is 12.2. The van der Waals surface area contributed by atoms with Crippen molar-refractivity contribution in [1.82, 2.24) is 0 Å². The maximum Gasteiger partial charge on any atom is 0.165 e. The fraction of sp³-hybridized carbons (Fsp3) is 0.467. The number of phenolic OH excluding ortho intramolecular Hbond substituents is 1. The van der Waals surface area contributed by atoms with Crippen molar-refractivity contribution in [2.75, 3.05) is 13.7 Å². The standard InChI is InChI=1S/C30H34O3/c1-17-7-8-18-21(11-17)30(15-28(2,3)14-29(4,5)16-30)22-13-23(31)20-12-24(32-6)27-19(9-10-33-27)25(20)26(18)22/h7-8,11-13,31H,9-10,14-16H2,1-6H3. The smallest absolute Gasteiger partial charge is 0.165 e. The number of ether oxygens (including phenoxy) is 2. The molecule has 0 amide bonds. The molecule has 1 fully saturated rings. The molecule has 3 aromatic rings. The van der Waals surface area contributed by atoms with Gasteiger partial charge in [0.1, 0.15) is 5.75 Å². The Bertz CT molecular complexity index is 1310. The van der Waals surface area contributed by atoms with Crippen LogP contribution >= 0.6 is 0 Å². The van der Waals surface area contributed by atoms with E-state index in [0.717, 1.165) is 35.8 Å². The van der Waals surface area contributed by atoms with Crippen LogP contribution in [0.5, 0.6) is 17.2 Å². The van der Waals surface area contributed by atoms with Gasteiger partial charge in [-0.3, -0.25) is 0 Å². The first-order chi connectivity index (χ1) is 15.6. The second-order valence-corrected chi connectivity index (χ2v) is 12.2. The quantitative estimate of drug-likeness (QED) is 0.430. The summed E-state index contributed by atoms with van der Waals surface area (Å²) in [5, 5.41) is 13.4. The number of hydrogen-bond donors (Lipinski definition) is 1. The highest BCUT2D eigenvalue weighted by atomic mass is 16.5. The van der Waals surface area contributed by atoms with E-state index < -0.39 is 0 Å². The lowest BCUT2D eigenvalue weighted by atomic mass is 9.52. The molecule has 0 atom stereocenters. The maximum atomic E-state index is 11.4. The lowest BCUT2D eigenvalue weighted by Crippen LogP contribution is -2.43. The molecule has 6 rings (SSSR count). The Hall–Kier alpha value is -2.68. The predicted molar refractivity (Wildman–Crippen MR) is 134 cm³/mol. The van der Waals surface area contributed by atoms with Gasteiger partial charge in [-0.1, -0.05) is 51.5 Å². The summed E-state index contributed by atoms with van der Waals surface area (Å²) in [5.41, 5.74) is 8.16. The average molecular weight is 443 g/mol. The van der Waals surface area contributed by atoms with Crippen LogP contribution in [0.3, 0.4) is 0 Å². The fourth-order valence-corrected chi connectivity index (χ4v) is 7.98. The third-order valence-corrected chi connectivity index (χ3v) is 8.23. The van der Waals surface area contributed by atoms with E-state index >= 15 is 0 Å². The van der Waals surface area contributed by atoms with Gasteiger partial charge in [0, 0.05) is 28.2 Å². The molecule has 3 nitrogen and oxygen atoms in total. The largest absolute Gasteiger partial charge is 0.507 e. The van der Waals surface area contributed by atoms with Crippen LogP contribution in [0, 0.1) is 17.8 Å². The minimum absolute atomic E-state index is 0.0973. The zero-order valence-corrected chi connectivity index (χ0v) is 20.7. The number of phenols is 1. The van der Waals surface area contributed by atoms with E-state index in [4.69, 9.17) is 9.47 Å². The number of hydrogen-bond acceptors (Lipinski definition) is 3. The molecule has 3 aromatic carbocycles. The van der Waals surface area contributed by atoms with E-state index in [0.29, 0.717) is 18.1 Å². The molecule has 0 saturated heterocycles. The molecule has 1 saturated carbocycles. The Balaban J connectivity index is 1.77. The van der Waals surface area contributed by atoms with Crippen molar-refractivity contribution < 1.29 is 14.6 Å². The van der Waals surface area contributed by atoms with Crippen LogP contribution in [0.25, 0.3) is 21.9 Å². The number of fused-ring (bicyclic) bond motifs is 9. The fourth-order valence-electron chi connectivity index (χ4n) is 7.98. The number of rotatable bonds is 1. The molecule has 1 spiro atoms. The summed E-state index contributed by atoms with van der Waals surface area (Å²) >= 11 is 0. The van der Waals surface area contributed by atoms with Gasteiger partial charge in [-0.05, 0) is 71.4 Å². The number of aromatic hydroxyl groups is 1. The summed E-state index contributed by atoms with van der Waals surface area (Å²) in [7, 11) is 1.67. The van der Waals surface area contributed by atoms with Crippen molar-refractivity contribution in [3.8, 4) is 28.4 Å². The van der Waals surface area contributed by atoms with E-state index in [1.54, 1.807) is 7.11 Å². The molecule has 0 radical (unpaired) electrons. The molecule has 2 aliphatic carbocycles. The molecular weight excluding hydrogens is 408 g/mol. The summed E-state index contributed by atoms with van der Waals surface area (Å²) in [6.07, 6.45) is 4.22. The van der Waals surface area contributed by atoms with Crippen LogP contribution < -0.4 is 9.47 Å². The van der Waals surface area contributed by atoms with Crippen molar-refractivity contribution in [3.05, 3.63) is 52.6 Å². The maximum absolute atomic E-state index is 11.4. The van der Waals surface area contributed by atoms with Gasteiger partial charge < -0.3 is 14.6 Å². The normalized spacial score (nSPS) is 20.9. The SMILES string of the molecule is COc1cc2c(O)cc3c(c2c2c1OCC2)-c1ccc(C)cc1C31CC(C)(C)CC(C)(C)C1. The van der Waals surface area contributed by atoms with E-state index in [-0.39, 0.29) is 16.2 Å². The van der Waals surface area contributed by atoms with Gasteiger partial charge in [-0.2, -0.15) is 0 Å². The van der Waals surface area contributed by atoms with Gasteiger partial charge in [0.2, 0.25) is 0 Å². The molecule has 1 heterocycles. The summed E-state index contributed by atoms with van der Waals surface area (Å²) in [4.78, 5) is 0. The van der Waals surface area contributed by atoms with Crippen LogP contribution in [0.2, 0.25) is 0 Å². The molecule has 3 heteroatoms. The molecule has 0 aromatic heterocycles. The molecule has 0 bridgehead atoms. The molecule has 1 N–H and O–H groups in total. The van der Waals surface area contributed by atoms with Crippen molar-refractivity contribution in [2.24, 2.45) is 10.8 Å². The molecule has 172 valence electrons. The zero-order chi connectivity index (χ0) is 23.3. The topological polar surface area (TPSA) is 38.7 Å². The van der Waals surface area contributed by atoms with Crippen molar-refractivity contribution in [2.45, 2.75) is 65.7 Å². The van der Waals surface area contributed by atoms with Crippen LogP contribution in [0.4, 0.5) is 0 Å². The van der Waals surface area contributed by atoms with Crippen molar-refractivity contribution in [1.29, 1.82) is 0 Å². The van der Waals surface area contributed by atoms with Gasteiger partial charge in [0.05, 0.1) is 13.7 Å². The third-order valence-electron chi connectivity index (χ3n) is 8.23. The Morgan fingerprint density at radius 1 is 0.939 bits per heavy atom. The lowest BCUT2D eigenvalue weighted by Gasteiger charge is -2.51. The summed E-state index contributed by atoms with van der Waals surface area (Å²) in [5.74, 6) is 1.90. The minimum Gasteiger partial charge on any atom is -0.507 e. The first-order valence-electron chi connectivity index (χ1n) is 12.2. The van der Waals surface area contributed by atoms with Crippen LogP contribution in [-0.4, -0.2) is 18.8 Å². The summed E-state index contributed by atoms with van der Waals surface area (Å²) in [6.45, 7) is 12.5. The zero-order valence-electron chi connectivity index (χ0n) is 20.7. The van der Waals surface area contributed by atoms with Gasteiger partial charge in [0.25, 0.3) is 0 Å². The van der Waals surface area contributed by atoms with Crippen molar-refractivity contribution >= 4 is 10.8 Å². The van der Waals surface area contributed by atoms with Gasteiger partial charge in [-0.15, -0.1) is 0 Å². The number of methoxy groups -OCH3 is 1. The summed E-state index contributed by atoms with van der Waals surface area (Å²) in [6, 6.07) is 11.0.